The summed E-state index contributed by atoms with van der Waals surface area (Å²) in [6.07, 6.45) is 10.4. The van der Waals surface area contributed by atoms with Crippen LogP contribution in [0.2, 0.25) is 0 Å². The summed E-state index contributed by atoms with van der Waals surface area (Å²) in [6, 6.07) is 48.5. The smallest absolute Gasteiger partial charge is 0.423 e. The lowest BCUT2D eigenvalue weighted by molar-refractivity contribution is -0.115. The van der Waals surface area contributed by atoms with Crippen LogP contribution in [-0.4, -0.2) is 61.1 Å². The summed E-state index contributed by atoms with van der Waals surface area (Å²) in [6.45, 7) is 2.89. The van der Waals surface area contributed by atoms with E-state index in [1.807, 2.05) is 109 Å². The monoisotopic (exact) mass is 1020 g/mol. The zero-order valence-corrected chi connectivity index (χ0v) is 39.6. The van der Waals surface area contributed by atoms with Gasteiger partial charge in [-0.25, -0.2) is 0 Å². The molecule has 340 valence electrons. The Labute approximate surface area is 407 Å². The standard InChI is InChI=1S/C19H17N3O.C11H9BrN2.C8H10BNO3.C6H7BO2.C5H5BrN2/c1-14(23)21-18-9-5-6-15(10-18)16-11-19(13-20-12-16)22-17-7-3-2-4-8-17;12-9-6-11(8-13-7-9)14-10-4-2-1-3-5-10;1-6(11)10-8-4-2-3-7(5-8)9(12)13;8-7(9)6-4-2-1-3-5-6;6-4-1-5(7)3-8-2-4/h2-13,22H,1H3,(H,21,23);1-8,14H;2-5,12-13H,1H3,(H,10,11);1-5,8-9H;1-3H,7H2. The van der Waals surface area contributed by atoms with Crippen molar-refractivity contribution in [2.24, 2.45) is 0 Å². The van der Waals surface area contributed by atoms with Crippen LogP contribution in [-0.2, 0) is 9.59 Å². The molecule has 2 amide bonds. The average molecular weight is 1030 g/mol. The van der Waals surface area contributed by atoms with Crippen molar-refractivity contribution in [3.8, 4) is 11.1 Å². The van der Waals surface area contributed by atoms with Gasteiger partial charge in [0.25, 0.3) is 0 Å². The quantitative estimate of drug-likeness (QED) is 0.0625. The van der Waals surface area contributed by atoms with Crippen molar-refractivity contribution >= 4 is 109 Å². The molecule has 0 saturated heterocycles. The summed E-state index contributed by atoms with van der Waals surface area (Å²) < 4.78 is 1.89. The number of halogens is 2. The summed E-state index contributed by atoms with van der Waals surface area (Å²) in [5.41, 5.74) is 14.2. The van der Waals surface area contributed by atoms with Gasteiger partial charge in [-0.2, -0.15) is 0 Å². The van der Waals surface area contributed by atoms with Crippen molar-refractivity contribution in [2.45, 2.75) is 13.8 Å². The highest BCUT2D eigenvalue weighted by molar-refractivity contribution is 9.10. The Kier molecular flexibility index (Phi) is 22.4. The maximum atomic E-state index is 11.2. The van der Waals surface area contributed by atoms with Crippen LogP contribution in [0, 0.1) is 0 Å². The average Bonchev–Trinajstić information content (AvgIpc) is 3.31. The van der Waals surface area contributed by atoms with Gasteiger partial charge in [-0.1, -0.05) is 91.0 Å². The minimum Gasteiger partial charge on any atom is -0.423 e. The van der Waals surface area contributed by atoms with Gasteiger partial charge in [-0.3, -0.25) is 24.5 Å². The number of amides is 2. The van der Waals surface area contributed by atoms with E-state index in [2.05, 4.69) is 68.1 Å². The molecule has 3 heterocycles. The van der Waals surface area contributed by atoms with Crippen molar-refractivity contribution < 1.29 is 29.7 Å². The molecule has 0 unspecified atom stereocenters. The molecule has 0 radical (unpaired) electrons. The van der Waals surface area contributed by atoms with Crippen LogP contribution in [0.3, 0.4) is 0 Å². The van der Waals surface area contributed by atoms with Crippen LogP contribution in [0.25, 0.3) is 11.1 Å². The highest BCUT2D eigenvalue weighted by Gasteiger charge is 2.11. The first-order valence-corrected chi connectivity index (χ1v) is 21.9. The normalized spacial score (nSPS) is 9.67. The first-order valence-electron chi connectivity index (χ1n) is 20.3. The molecule has 5 aromatic carbocycles. The minimum absolute atomic E-state index is 0.0835. The number of carbonyl (C=O) groups excluding carboxylic acids is 2. The topological polar surface area (TPSA) is 228 Å². The molecule has 8 rings (SSSR count). The molecule has 0 fully saturated rings. The van der Waals surface area contributed by atoms with E-state index < -0.39 is 14.2 Å². The van der Waals surface area contributed by atoms with Gasteiger partial charge in [0.2, 0.25) is 11.8 Å². The van der Waals surface area contributed by atoms with E-state index in [-0.39, 0.29) is 11.8 Å². The fourth-order valence-electron chi connectivity index (χ4n) is 5.54. The molecule has 67 heavy (non-hydrogen) atoms. The summed E-state index contributed by atoms with van der Waals surface area (Å²) in [5, 5.41) is 46.7. The number of rotatable bonds is 9. The lowest BCUT2D eigenvalue weighted by Crippen LogP contribution is -2.29. The van der Waals surface area contributed by atoms with Gasteiger partial charge in [-0.15, -0.1) is 0 Å². The molecule has 0 atom stereocenters. The van der Waals surface area contributed by atoms with E-state index >= 15 is 0 Å². The molecule has 0 saturated carbocycles. The fourth-order valence-corrected chi connectivity index (χ4v) is 6.28. The highest BCUT2D eigenvalue weighted by Crippen LogP contribution is 2.26. The third kappa shape index (κ3) is 21.1. The maximum absolute atomic E-state index is 11.2. The molecule has 0 spiro atoms. The van der Waals surface area contributed by atoms with Gasteiger partial charge in [0.05, 0.1) is 29.5 Å². The predicted molar refractivity (Wildman–Crippen MR) is 279 cm³/mol. The number of carbonyl (C=O) groups is 2. The molecule has 0 aliphatic rings. The molecular formula is C49H48B2Br2N8O6. The number of hydrogen-bond acceptors (Lipinski definition) is 12. The third-order valence-electron chi connectivity index (χ3n) is 8.41. The van der Waals surface area contributed by atoms with Crippen LogP contribution in [0.4, 0.5) is 39.8 Å². The minimum atomic E-state index is -1.51. The zero-order chi connectivity index (χ0) is 48.4. The molecule has 14 nitrogen and oxygen atoms in total. The van der Waals surface area contributed by atoms with E-state index in [9.17, 15) is 9.59 Å². The van der Waals surface area contributed by atoms with E-state index in [1.165, 1.54) is 19.9 Å². The Morgan fingerprint density at radius 1 is 0.448 bits per heavy atom. The molecule has 8 aromatic rings. The molecule has 10 N–H and O–H groups in total. The summed E-state index contributed by atoms with van der Waals surface area (Å²) >= 11 is 6.59. The number of nitrogen functional groups attached to an aromatic ring is 1. The SMILES string of the molecule is Brc1cncc(Nc2ccccc2)c1.CC(=O)Nc1cccc(-c2cncc(Nc3ccccc3)c2)c1.CC(=O)Nc1cccc(B(O)O)c1.Nc1cncc(Br)c1.OB(O)c1ccccc1. The second kappa shape index (κ2) is 28.7. The van der Waals surface area contributed by atoms with Crippen molar-refractivity contribution in [1.29, 1.82) is 0 Å². The largest absolute Gasteiger partial charge is 0.488 e. The number of nitrogens with two attached hydrogens (primary N) is 1. The Morgan fingerprint density at radius 3 is 1.33 bits per heavy atom. The van der Waals surface area contributed by atoms with Gasteiger partial charge in [0, 0.05) is 75.9 Å². The molecule has 0 aliphatic carbocycles. The lowest BCUT2D eigenvalue weighted by Gasteiger charge is -2.09. The number of hydrogen-bond donors (Lipinski definition) is 9. The van der Waals surface area contributed by atoms with E-state index in [0.717, 1.165) is 48.5 Å². The predicted octanol–water partition coefficient (Wildman–Crippen LogP) is 8.16. The first-order chi connectivity index (χ1) is 32.2. The lowest BCUT2D eigenvalue weighted by atomic mass is 9.80. The molecule has 3 aromatic heterocycles. The second-order valence-corrected chi connectivity index (χ2v) is 15.8. The van der Waals surface area contributed by atoms with Crippen LogP contribution >= 0.6 is 31.9 Å². The van der Waals surface area contributed by atoms with Gasteiger partial charge in [-0.05, 0) is 115 Å². The Bertz CT molecular complexity index is 2710. The van der Waals surface area contributed by atoms with Crippen molar-refractivity contribution in [1.82, 2.24) is 15.0 Å². The molecular weight excluding hydrogens is 978 g/mol. The number of nitrogens with zero attached hydrogens (tertiary/aromatic N) is 3. The molecule has 0 bridgehead atoms. The van der Waals surface area contributed by atoms with E-state index in [0.29, 0.717) is 22.3 Å². The van der Waals surface area contributed by atoms with Crippen LogP contribution in [0.15, 0.2) is 204 Å². The maximum Gasteiger partial charge on any atom is 0.488 e. The molecule has 18 heteroatoms. The Hall–Kier alpha value is -7.18. The summed E-state index contributed by atoms with van der Waals surface area (Å²) in [7, 11) is -2.85. The fraction of sp³-hybridized carbons (Fsp3) is 0.0408. The van der Waals surface area contributed by atoms with E-state index in [4.69, 9.17) is 25.8 Å². The zero-order valence-electron chi connectivity index (χ0n) is 36.4. The Morgan fingerprint density at radius 2 is 0.866 bits per heavy atom. The number of para-hydroxylation sites is 2. The summed E-state index contributed by atoms with van der Waals surface area (Å²) in [4.78, 5) is 34.0. The van der Waals surface area contributed by atoms with E-state index in [1.54, 1.807) is 79.5 Å². The van der Waals surface area contributed by atoms with Crippen LogP contribution in [0.1, 0.15) is 13.8 Å². The Balaban J connectivity index is 0.000000194. The first kappa shape index (κ1) is 52.4. The number of anilines is 7. The number of benzene rings is 5. The van der Waals surface area contributed by atoms with Gasteiger partial charge >= 0.3 is 14.2 Å². The third-order valence-corrected chi connectivity index (χ3v) is 9.28. The summed E-state index contributed by atoms with van der Waals surface area (Å²) in [5.74, 6) is -0.274. The number of nitrogens with one attached hydrogen (secondary N) is 4. The number of aromatic nitrogens is 3. The number of pyridine rings is 3. The van der Waals surface area contributed by atoms with Gasteiger partial charge in [0.1, 0.15) is 0 Å². The highest BCUT2D eigenvalue weighted by atomic mass is 79.9. The van der Waals surface area contributed by atoms with Crippen LogP contribution in [0.5, 0.6) is 0 Å². The van der Waals surface area contributed by atoms with Crippen molar-refractivity contribution in [3.05, 3.63) is 204 Å². The van der Waals surface area contributed by atoms with Crippen molar-refractivity contribution in [2.75, 3.05) is 27.0 Å². The molecule has 0 aliphatic heterocycles. The van der Waals surface area contributed by atoms with Gasteiger partial charge < -0.3 is 47.1 Å². The van der Waals surface area contributed by atoms with Crippen LogP contribution < -0.4 is 37.9 Å². The van der Waals surface area contributed by atoms with Gasteiger partial charge in [0.15, 0.2) is 0 Å². The second-order valence-electron chi connectivity index (χ2n) is 14.0. The van der Waals surface area contributed by atoms with Crippen molar-refractivity contribution in [3.63, 3.8) is 0 Å².